The van der Waals surface area contributed by atoms with Crippen LogP contribution < -0.4 is 10.2 Å². The first-order valence-corrected chi connectivity index (χ1v) is 9.87. The Balaban J connectivity index is 1.43. The Labute approximate surface area is 171 Å². The van der Waals surface area contributed by atoms with Crippen LogP contribution in [0.5, 0.6) is 0 Å². The number of amides is 1. The van der Waals surface area contributed by atoms with Gasteiger partial charge in [0.2, 0.25) is 5.95 Å². The third kappa shape index (κ3) is 4.37. The highest BCUT2D eigenvalue weighted by molar-refractivity contribution is 5.92. The van der Waals surface area contributed by atoms with E-state index >= 15 is 0 Å². The molecule has 2 heterocycles. The summed E-state index contributed by atoms with van der Waals surface area (Å²) in [4.78, 5) is 25.9. The van der Waals surface area contributed by atoms with Gasteiger partial charge in [0.1, 0.15) is 5.69 Å². The van der Waals surface area contributed by atoms with Gasteiger partial charge in [0.25, 0.3) is 5.91 Å². The Hall–Kier alpha value is -3.41. The molecule has 6 heteroatoms. The number of carbonyl (C=O) groups is 1. The molecule has 3 aromatic rings. The van der Waals surface area contributed by atoms with Crippen LogP contribution in [0.15, 0.2) is 60.8 Å². The minimum absolute atomic E-state index is 0.0517. The molecule has 1 saturated heterocycles. The second-order valence-corrected chi connectivity index (χ2v) is 7.32. The number of carbonyl (C=O) groups excluding carboxylic acids is 1. The van der Waals surface area contributed by atoms with Crippen molar-refractivity contribution < 1.29 is 4.79 Å². The molecule has 4 rings (SSSR count). The molecule has 1 N–H and O–H groups in total. The average Bonchev–Trinajstić information content (AvgIpc) is 2.77. The summed E-state index contributed by atoms with van der Waals surface area (Å²) >= 11 is 0. The molecule has 0 saturated carbocycles. The number of nitrogens with zero attached hydrogens (tertiary/aromatic N) is 4. The summed E-state index contributed by atoms with van der Waals surface area (Å²) in [7, 11) is 0. The maximum atomic E-state index is 13.0. The highest BCUT2D eigenvalue weighted by atomic mass is 16.2. The maximum absolute atomic E-state index is 13.0. The first-order chi connectivity index (χ1) is 14.1. The maximum Gasteiger partial charge on any atom is 0.272 e. The molecule has 148 valence electrons. The van der Waals surface area contributed by atoms with Crippen LogP contribution in [0.4, 0.5) is 17.3 Å². The topological polar surface area (TPSA) is 61.4 Å². The van der Waals surface area contributed by atoms with Crippen LogP contribution in [0, 0.1) is 13.8 Å². The summed E-state index contributed by atoms with van der Waals surface area (Å²) in [6.07, 6.45) is 1.63. The lowest BCUT2D eigenvalue weighted by molar-refractivity contribution is 0.0741. The summed E-state index contributed by atoms with van der Waals surface area (Å²) in [5.74, 6) is 0.386. The van der Waals surface area contributed by atoms with Crippen molar-refractivity contribution in [2.75, 3.05) is 36.4 Å². The molecule has 1 aromatic heterocycles. The van der Waals surface area contributed by atoms with Gasteiger partial charge < -0.3 is 15.1 Å². The zero-order valence-corrected chi connectivity index (χ0v) is 16.8. The van der Waals surface area contributed by atoms with E-state index in [-0.39, 0.29) is 5.91 Å². The number of anilines is 3. The normalized spacial score (nSPS) is 14.0. The third-order valence-corrected chi connectivity index (χ3v) is 5.20. The number of para-hydroxylation sites is 1. The van der Waals surface area contributed by atoms with Crippen molar-refractivity contribution in [3.05, 3.63) is 77.6 Å². The lowest BCUT2D eigenvalue weighted by Crippen LogP contribution is -2.49. The van der Waals surface area contributed by atoms with E-state index in [1.807, 2.05) is 36.9 Å². The Morgan fingerprint density at radius 1 is 0.966 bits per heavy atom. The molecule has 0 unspecified atom stereocenters. The predicted molar refractivity (Wildman–Crippen MR) is 116 cm³/mol. The quantitative estimate of drug-likeness (QED) is 0.738. The van der Waals surface area contributed by atoms with Crippen LogP contribution in [0.3, 0.4) is 0 Å². The van der Waals surface area contributed by atoms with Gasteiger partial charge in [-0.15, -0.1) is 0 Å². The number of hydrogen-bond acceptors (Lipinski definition) is 5. The van der Waals surface area contributed by atoms with Gasteiger partial charge in [-0.1, -0.05) is 30.3 Å². The largest absolute Gasteiger partial charge is 0.368 e. The van der Waals surface area contributed by atoms with E-state index in [9.17, 15) is 4.79 Å². The minimum atomic E-state index is -0.0517. The van der Waals surface area contributed by atoms with Crippen molar-refractivity contribution in [1.29, 1.82) is 0 Å². The fourth-order valence-electron chi connectivity index (χ4n) is 3.50. The molecular weight excluding hydrogens is 362 g/mol. The van der Waals surface area contributed by atoms with E-state index in [1.54, 1.807) is 12.3 Å². The Morgan fingerprint density at radius 2 is 1.72 bits per heavy atom. The van der Waals surface area contributed by atoms with Crippen LogP contribution in [-0.4, -0.2) is 47.0 Å². The van der Waals surface area contributed by atoms with E-state index in [0.717, 1.165) is 29.9 Å². The zero-order valence-electron chi connectivity index (χ0n) is 16.8. The molecule has 1 fully saturated rings. The molecule has 0 atom stereocenters. The summed E-state index contributed by atoms with van der Waals surface area (Å²) < 4.78 is 0. The SMILES string of the molecule is Cc1ccc(C)c(Nc2nccc(C(=O)N3CCN(c4ccccc4)CC3)n2)c1. The van der Waals surface area contributed by atoms with Crippen molar-refractivity contribution >= 4 is 23.2 Å². The van der Waals surface area contributed by atoms with Gasteiger partial charge in [-0.05, 0) is 49.2 Å². The minimum Gasteiger partial charge on any atom is -0.368 e. The van der Waals surface area contributed by atoms with Crippen LogP contribution in [0.25, 0.3) is 0 Å². The van der Waals surface area contributed by atoms with Crippen molar-refractivity contribution in [2.24, 2.45) is 0 Å². The lowest BCUT2D eigenvalue weighted by Gasteiger charge is -2.36. The fraction of sp³-hybridized carbons (Fsp3) is 0.261. The first-order valence-electron chi connectivity index (χ1n) is 9.87. The molecule has 0 bridgehead atoms. The molecule has 29 heavy (non-hydrogen) atoms. The highest BCUT2D eigenvalue weighted by Crippen LogP contribution is 2.20. The predicted octanol–water partition coefficient (Wildman–Crippen LogP) is 3.80. The molecule has 2 aromatic carbocycles. The highest BCUT2D eigenvalue weighted by Gasteiger charge is 2.23. The van der Waals surface area contributed by atoms with E-state index in [2.05, 4.69) is 50.5 Å². The van der Waals surface area contributed by atoms with Gasteiger partial charge in [-0.3, -0.25) is 4.79 Å². The summed E-state index contributed by atoms with van der Waals surface area (Å²) in [6.45, 7) is 7.06. The number of aryl methyl sites for hydroxylation is 2. The summed E-state index contributed by atoms with van der Waals surface area (Å²) in [5, 5.41) is 3.24. The van der Waals surface area contributed by atoms with Gasteiger partial charge >= 0.3 is 0 Å². The standard InChI is InChI=1S/C23H25N5O/c1-17-8-9-18(2)21(16-17)26-23-24-11-10-20(25-23)22(29)28-14-12-27(13-15-28)19-6-4-3-5-7-19/h3-11,16H,12-15H2,1-2H3,(H,24,25,26). The van der Waals surface area contributed by atoms with Crippen LogP contribution in [-0.2, 0) is 0 Å². The third-order valence-electron chi connectivity index (χ3n) is 5.20. The van der Waals surface area contributed by atoms with Crippen molar-refractivity contribution in [3.8, 4) is 0 Å². The van der Waals surface area contributed by atoms with Crippen molar-refractivity contribution in [2.45, 2.75) is 13.8 Å². The van der Waals surface area contributed by atoms with E-state index in [0.29, 0.717) is 24.7 Å². The first kappa shape index (κ1) is 18.9. The van der Waals surface area contributed by atoms with Gasteiger partial charge in [0, 0.05) is 43.8 Å². The molecule has 1 amide bonds. The van der Waals surface area contributed by atoms with Gasteiger partial charge in [-0.25, -0.2) is 9.97 Å². The molecule has 6 nitrogen and oxygen atoms in total. The molecular formula is C23H25N5O. The number of hydrogen-bond donors (Lipinski definition) is 1. The zero-order chi connectivity index (χ0) is 20.2. The molecule has 1 aliphatic heterocycles. The second-order valence-electron chi connectivity index (χ2n) is 7.32. The van der Waals surface area contributed by atoms with E-state index in [4.69, 9.17) is 0 Å². The lowest BCUT2D eigenvalue weighted by atomic mass is 10.1. The number of aromatic nitrogens is 2. The molecule has 0 aliphatic carbocycles. The number of benzene rings is 2. The molecule has 0 radical (unpaired) electrons. The monoisotopic (exact) mass is 387 g/mol. The summed E-state index contributed by atoms with van der Waals surface area (Å²) in [6, 6.07) is 18.2. The van der Waals surface area contributed by atoms with Crippen LogP contribution >= 0.6 is 0 Å². The molecule has 1 aliphatic rings. The Kier molecular flexibility index (Phi) is 5.42. The number of rotatable bonds is 4. The van der Waals surface area contributed by atoms with E-state index < -0.39 is 0 Å². The van der Waals surface area contributed by atoms with Gasteiger partial charge in [0.05, 0.1) is 0 Å². The summed E-state index contributed by atoms with van der Waals surface area (Å²) in [5.41, 5.74) is 4.82. The van der Waals surface area contributed by atoms with Gasteiger partial charge in [0.15, 0.2) is 0 Å². The second kappa shape index (κ2) is 8.31. The van der Waals surface area contributed by atoms with Gasteiger partial charge in [-0.2, -0.15) is 0 Å². The Bertz CT molecular complexity index is 997. The van der Waals surface area contributed by atoms with Crippen LogP contribution in [0.2, 0.25) is 0 Å². The average molecular weight is 387 g/mol. The number of piperazine rings is 1. The smallest absolute Gasteiger partial charge is 0.272 e. The molecule has 0 spiro atoms. The van der Waals surface area contributed by atoms with Crippen LogP contribution in [0.1, 0.15) is 21.6 Å². The van der Waals surface area contributed by atoms with Crippen molar-refractivity contribution in [1.82, 2.24) is 14.9 Å². The van der Waals surface area contributed by atoms with E-state index in [1.165, 1.54) is 5.69 Å². The fourth-order valence-corrected chi connectivity index (χ4v) is 3.50. The Morgan fingerprint density at radius 3 is 2.48 bits per heavy atom. The number of nitrogens with one attached hydrogen (secondary N) is 1. The van der Waals surface area contributed by atoms with Crippen molar-refractivity contribution in [3.63, 3.8) is 0 Å².